The first-order valence-corrected chi connectivity index (χ1v) is 10.3. The monoisotopic (exact) mass is 487 g/mol. The molecule has 3 aromatic rings. The van der Waals surface area contributed by atoms with Crippen molar-refractivity contribution >= 4 is 17.5 Å². The third kappa shape index (κ3) is 4.46. The molecule has 1 amide bonds. The Kier molecular flexibility index (Phi) is 5.31. The zero-order valence-electron chi connectivity index (χ0n) is 17.8. The van der Waals surface area contributed by atoms with Gasteiger partial charge in [-0.15, -0.1) is 0 Å². The Hall–Kier alpha value is -2.95. The molecule has 1 aliphatic carbocycles. The highest BCUT2D eigenvalue weighted by atomic mass is 35.5. The maximum Gasteiger partial charge on any atom is 0.422 e. The summed E-state index contributed by atoms with van der Waals surface area (Å²) in [5.41, 5.74) is -2.19. The number of aryl methyl sites for hydroxylation is 1. The van der Waals surface area contributed by atoms with Gasteiger partial charge in [-0.05, 0) is 37.5 Å². The average Bonchev–Trinajstić information content (AvgIpc) is 3.09. The summed E-state index contributed by atoms with van der Waals surface area (Å²) in [6.45, 7) is 2.26. The molecule has 0 saturated heterocycles. The number of halogens is 6. The maximum atomic E-state index is 13.8. The summed E-state index contributed by atoms with van der Waals surface area (Å²) in [7, 11) is 1.13. The molecule has 33 heavy (non-hydrogen) atoms. The molecule has 1 fully saturated rings. The molecular formula is C21H19ClF5N5O. The molecule has 0 radical (unpaired) electrons. The molecule has 0 bridgehead atoms. The van der Waals surface area contributed by atoms with Crippen LogP contribution in [-0.4, -0.2) is 31.0 Å². The van der Waals surface area contributed by atoms with Crippen molar-refractivity contribution in [3.63, 3.8) is 0 Å². The standard InChI is InChI=1S/C21H19ClF5N5O/c1-19(6-7-19)29-17(33)13-8-11(4-5-14(13)22)12-9-28-32(10-12)18-15(21(25,26)27)16(20(2,23)24)30-31(18)3/h4-5,8-10H,6-7H2,1-3H3,(H,29,33). The smallest absolute Gasteiger partial charge is 0.347 e. The van der Waals surface area contributed by atoms with Crippen molar-refractivity contribution in [2.75, 3.05) is 0 Å². The van der Waals surface area contributed by atoms with E-state index in [0.29, 0.717) is 22.7 Å². The molecule has 2 heterocycles. The highest BCUT2D eigenvalue weighted by Gasteiger charge is 2.47. The van der Waals surface area contributed by atoms with Gasteiger partial charge >= 0.3 is 6.18 Å². The van der Waals surface area contributed by atoms with Crippen LogP contribution in [0.25, 0.3) is 16.9 Å². The van der Waals surface area contributed by atoms with E-state index in [1.54, 1.807) is 6.07 Å². The quantitative estimate of drug-likeness (QED) is 0.494. The van der Waals surface area contributed by atoms with E-state index in [4.69, 9.17) is 11.6 Å². The Balaban J connectivity index is 1.75. The number of hydrogen-bond acceptors (Lipinski definition) is 3. The zero-order valence-corrected chi connectivity index (χ0v) is 18.5. The van der Waals surface area contributed by atoms with Crippen LogP contribution in [0.5, 0.6) is 0 Å². The van der Waals surface area contributed by atoms with Crippen LogP contribution in [0.3, 0.4) is 0 Å². The van der Waals surface area contributed by atoms with Crippen LogP contribution in [0.2, 0.25) is 5.02 Å². The summed E-state index contributed by atoms with van der Waals surface area (Å²) in [5.74, 6) is -4.83. The molecule has 0 atom stereocenters. The van der Waals surface area contributed by atoms with E-state index in [0.717, 1.165) is 24.6 Å². The third-order valence-corrected chi connectivity index (χ3v) is 5.81. The van der Waals surface area contributed by atoms with Gasteiger partial charge in [-0.1, -0.05) is 17.7 Å². The molecule has 176 valence electrons. The van der Waals surface area contributed by atoms with Gasteiger partial charge in [0.15, 0.2) is 5.82 Å². The van der Waals surface area contributed by atoms with Gasteiger partial charge in [-0.25, -0.2) is 9.36 Å². The Labute approximate surface area is 190 Å². The van der Waals surface area contributed by atoms with Gasteiger partial charge in [0.1, 0.15) is 11.3 Å². The van der Waals surface area contributed by atoms with E-state index in [1.165, 1.54) is 24.5 Å². The van der Waals surface area contributed by atoms with Crippen molar-refractivity contribution in [1.29, 1.82) is 0 Å². The number of alkyl halides is 5. The van der Waals surface area contributed by atoms with Crippen molar-refractivity contribution < 1.29 is 26.7 Å². The number of nitrogens with zero attached hydrogens (tertiary/aromatic N) is 4. The largest absolute Gasteiger partial charge is 0.422 e. The average molecular weight is 488 g/mol. The Morgan fingerprint density at radius 2 is 1.85 bits per heavy atom. The normalized spacial score (nSPS) is 15.5. The fourth-order valence-corrected chi connectivity index (χ4v) is 3.67. The van der Waals surface area contributed by atoms with E-state index < -0.39 is 29.2 Å². The first kappa shape index (κ1) is 23.2. The van der Waals surface area contributed by atoms with Crippen LogP contribution in [0.1, 0.15) is 48.3 Å². The van der Waals surface area contributed by atoms with E-state index in [1.807, 2.05) is 6.92 Å². The van der Waals surface area contributed by atoms with Gasteiger partial charge in [0, 0.05) is 31.3 Å². The zero-order chi connectivity index (χ0) is 24.3. The molecule has 2 aromatic heterocycles. The van der Waals surface area contributed by atoms with E-state index >= 15 is 0 Å². The SMILES string of the molecule is Cn1nc(C(C)(F)F)c(C(F)(F)F)c1-n1cc(-c2ccc(Cl)c(C(=O)NC3(C)CC3)c2)cn1. The van der Waals surface area contributed by atoms with E-state index in [9.17, 15) is 26.7 Å². The lowest BCUT2D eigenvalue weighted by Gasteiger charge is -2.13. The van der Waals surface area contributed by atoms with E-state index in [-0.39, 0.29) is 22.0 Å². The summed E-state index contributed by atoms with van der Waals surface area (Å²) in [6, 6.07) is 4.59. The van der Waals surface area contributed by atoms with Gasteiger partial charge < -0.3 is 5.32 Å². The lowest BCUT2D eigenvalue weighted by molar-refractivity contribution is -0.141. The molecular weight excluding hydrogens is 469 g/mol. The summed E-state index contributed by atoms with van der Waals surface area (Å²) in [4.78, 5) is 12.6. The number of hydrogen-bond donors (Lipinski definition) is 1. The second-order valence-electron chi connectivity index (χ2n) is 8.44. The lowest BCUT2D eigenvalue weighted by Crippen LogP contribution is -2.34. The summed E-state index contributed by atoms with van der Waals surface area (Å²) in [6.07, 6.45) is -0.863. The minimum absolute atomic E-state index is 0.208. The Morgan fingerprint density at radius 1 is 1.18 bits per heavy atom. The van der Waals surface area contributed by atoms with Gasteiger partial charge in [-0.3, -0.25) is 4.79 Å². The maximum absolute atomic E-state index is 13.8. The van der Waals surface area contributed by atoms with Gasteiger partial charge in [0.25, 0.3) is 11.8 Å². The topological polar surface area (TPSA) is 64.7 Å². The second kappa shape index (κ2) is 7.54. The van der Waals surface area contributed by atoms with Crippen molar-refractivity contribution in [2.45, 2.75) is 44.3 Å². The summed E-state index contributed by atoms with van der Waals surface area (Å²) >= 11 is 6.18. The number of aromatic nitrogens is 4. The molecule has 4 rings (SSSR count). The number of amides is 1. The predicted molar refractivity (Wildman–Crippen MR) is 110 cm³/mol. The van der Waals surface area contributed by atoms with Crippen LogP contribution < -0.4 is 5.32 Å². The van der Waals surface area contributed by atoms with Gasteiger partial charge in [0.05, 0.1) is 16.8 Å². The summed E-state index contributed by atoms with van der Waals surface area (Å²) < 4.78 is 70.4. The molecule has 0 aliphatic heterocycles. The summed E-state index contributed by atoms with van der Waals surface area (Å²) in [5, 5.41) is 10.5. The lowest BCUT2D eigenvalue weighted by atomic mass is 10.1. The predicted octanol–water partition coefficient (Wildman–Crippen LogP) is 5.34. The molecule has 1 saturated carbocycles. The highest BCUT2D eigenvalue weighted by Crippen LogP contribution is 2.42. The number of carbonyl (C=O) groups excluding carboxylic acids is 1. The fourth-order valence-electron chi connectivity index (χ4n) is 3.47. The van der Waals surface area contributed by atoms with Crippen LogP contribution >= 0.6 is 11.6 Å². The number of carbonyl (C=O) groups is 1. The Morgan fingerprint density at radius 3 is 2.42 bits per heavy atom. The van der Waals surface area contributed by atoms with Crippen LogP contribution in [0.4, 0.5) is 22.0 Å². The third-order valence-electron chi connectivity index (χ3n) is 5.48. The fraction of sp³-hybridized carbons (Fsp3) is 0.381. The van der Waals surface area contributed by atoms with Crippen molar-refractivity contribution in [1.82, 2.24) is 24.9 Å². The minimum atomic E-state index is -5.09. The van der Waals surface area contributed by atoms with Crippen LogP contribution in [-0.2, 0) is 19.1 Å². The van der Waals surface area contributed by atoms with Crippen molar-refractivity contribution in [2.24, 2.45) is 7.05 Å². The molecule has 0 unspecified atom stereocenters. The second-order valence-corrected chi connectivity index (χ2v) is 8.85. The van der Waals surface area contributed by atoms with Crippen LogP contribution in [0.15, 0.2) is 30.6 Å². The molecule has 6 nitrogen and oxygen atoms in total. The number of benzene rings is 1. The first-order chi connectivity index (χ1) is 15.2. The minimum Gasteiger partial charge on any atom is -0.347 e. The van der Waals surface area contributed by atoms with Crippen molar-refractivity contribution in [3.05, 3.63) is 52.4 Å². The van der Waals surface area contributed by atoms with E-state index in [2.05, 4.69) is 15.5 Å². The molecule has 0 spiro atoms. The molecule has 1 N–H and O–H groups in total. The van der Waals surface area contributed by atoms with Crippen molar-refractivity contribution in [3.8, 4) is 16.9 Å². The van der Waals surface area contributed by atoms with Gasteiger partial charge in [-0.2, -0.15) is 32.1 Å². The van der Waals surface area contributed by atoms with Gasteiger partial charge in [0.2, 0.25) is 0 Å². The number of nitrogens with one attached hydrogen (secondary N) is 1. The molecule has 1 aliphatic rings. The highest BCUT2D eigenvalue weighted by molar-refractivity contribution is 6.34. The molecule has 1 aromatic carbocycles. The Bertz CT molecular complexity index is 1240. The van der Waals surface area contributed by atoms with Crippen LogP contribution in [0, 0.1) is 0 Å². The number of rotatable bonds is 5. The first-order valence-electron chi connectivity index (χ1n) is 9.89. The molecule has 12 heteroatoms.